The van der Waals surface area contributed by atoms with Crippen LogP contribution in [0.15, 0.2) is 48.5 Å². The number of benzene rings is 2. The molecule has 1 saturated heterocycles. The Morgan fingerprint density at radius 2 is 1.74 bits per heavy atom. The van der Waals surface area contributed by atoms with Gasteiger partial charge in [-0.05, 0) is 29.8 Å². The lowest BCUT2D eigenvalue weighted by molar-refractivity contribution is -0.119. The van der Waals surface area contributed by atoms with Crippen molar-refractivity contribution in [1.29, 1.82) is 0 Å². The van der Waals surface area contributed by atoms with Crippen molar-refractivity contribution >= 4 is 11.6 Å². The number of hydrogen-bond acceptors (Lipinski definition) is 4. The lowest BCUT2D eigenvalue weighted by atomic mass is 10.2. The highest BCUT2D eigenvalue weighted by Gasteiger charge is 2.21. The van der Waals surface area contributed by atoms with Crippen molar-refractivity contribution in [1.82, 2.24) is 9.80 Å². The molecular weight excluding hydrogens is 345 g/mol. The molecule has 0 N–H and O–H groups in total. The summed E-state index contributed by atoms with van der Waals surface area (Å²) in [4.78, 5) is 18.7. The fourth-order valence-corrected chi connectivity index (χ4v) is 3.26. The molecule has 0 unspecified atom stereocenters. The van der Waals surface area contributed by atoms with E-state index in [1.54, 1.807) is 11.0 Å². The summed E-state index contributed by atoms with van der Waals surface area (Å²) in [5.74, 6) is 0.0275. The molecule has 1 heterocycles. The van der Waals surface area contributed by atoms with E-state index in [-0.39, 0.29) is 17.5 Å². The van der Waals surface area contributed by atoms with Crippen molar-refractivity contribution in [3.63, 3.8) is 0 Å². The van der Waals surface area contributed by atoms with Crippen LogP contribution in [0.25, 0.3) is 0 Å². The van der Waals surface area contributed by atoms with Crippen molar-refractivity contribution in [2.75, 3.05) is 51.8 Å². The molecule has 0 saturated carbocycles. The Bertz CT molecular complexity index is 761. The van der Waals surface area contributed by atoms with E-state index in [2.05, 4.69) is 9.80 Å². The van der Waals surface area contributed by atoms with Gasteiger partial charge in [0.2, 0.25) is 5.91 Å². The molecule has 0 aliphatic carbocycles. The molecule has 2 aromatic carbocycles. The number of rotatable bonds is 6. The molecule has 1 amide bonds. The predicted molar refractivity (Wildman–Crippen MR) is 105 cm³/mol. The second kappa shape index (κ2) is 8.97. The number of carbonyl (C=O) groups excluding carboxylic acids is 1. The van der Waals surface area contributed by atoms with E-state index in [9.17, 15) is 9.18 Å². The van der Waals surface area contributed by atoms with Gasteiger partial charge in [0.15, 0.2) is 11.6 Å². The van der Waals surface area contributed by atoms with Crippen LogP contribution in [0, 0.1) is 5.82 Å². The molecule has 1 fully saturated rings. The van der Waals surface area contributed by atoms with Gasteiger partial charge >= 0.3 is 0 Å². The van der Waals surface area contributed by atoms with E-state index >= 15 is 0 Å². The van der Waals surface area contributed by atoms with Crippen LogP contribution in [0.4, 0.5) is 10.1 Å². The van der Waals surface area contributed by atoms with Crippen LogP contribution in [0.1, 0.15) is 5.56 Å². The van der Waals surface area contributed by atoms with Gasteiger partial charge in [0.25, 0.3) is 0 Å². The standard InChI is InChI=1S/C21H26FN3O2/c1-23(18-6-4-3-5-7-18)21(26)16-25-12-10-24(11-13-25)15-17-8-9-20(27-2)19(22)14-17/h3-9,14H,10-13,15-16H2,1-2H3. The monoisotopic (exact) mass is 371 g/mol. The lowest BCUT2D eigenvalue weighted by Crippen LogP contribution is -2.49. The highest BCUT2D eigenvalue weighted by atomic mass is 19.1. The summed E-state index contributed by atoms with van der Waals surface area (Å²) in [7, 11) is 3.28. The van der Waals surface area contributed by atoms with Gasteiger partial charge < -0.3 is 9.64 Å². The third-order valence-electron chi connectivity index (χ3n) is 4.96. The van der Waals surface area contributed by atoms with Crippen LogP contribution < -0.4 is 9.64 Å². The van der Waals surface area contributed by atoms with E-state index in [4.69, 9.17) is 4.74 Å². The molecule has 5 nitrogen and oxygen atoms in total. The van der Waals surface area contributed by atoms with E-state index in [1.807, 2.05) is 43.4 Å². The highest BCUT2D eigenvalue weighted by Crippen LogP contribution is 2.19. The average Bonchev–Trinajstić information content (AvgIpc) is 2.69. The van der Waals surface area contributed by atoms with Crippen LogP contribution in [0.2, 0.25) is 0 Å². The quantitative estimate of drug-likeness (QED) is 0.782. The number of amides is 1. The molecule has 0 radical (unpaired) electrons. The topological polar surface area (TPSA) is 36.0 Å². The van der Waals surface area contributed by atoms with Crippen molar-refractivity contribution in [2.24, 2.45) is 0 Å². The molecule has 1 aliphatic rings. The van der Waals surface area contributed by atoms with Crippen LogP contribution in [0.3, 0.4) is 0 Å². The van der Waals surface area contributed by atoms with Crippen LogP contribution in [0.5, 0.6) is 5.75 Å². The second-order valence-electron chi connectivity index (χ2n) is 6.81. The first kappa shape index (κ1) is 19.3. The SMILES string of the molecule is COc1ccc(CN2CCN(CC(=O)N(C)c3ccccc3)CC2)cc1F. The average molecular weight is 371 g/mol. The highest BCUT2D eigenvalue weighted by molar-refractivity contribution is 5.94. The second-order valence-corrected chi connectivity index (χ2v) is 6.81. The molecule has 1 aliphatic heterocycles. The lowest BCUT2D eigenvalue weighted by Gasteiger charge is -2.35. The maximum Gasteiger partial charge on any atom is 0.240 e. The minimum absolute atomic E-state index is 0.0897. The number of anilines is 1. The molecule has 0 atom stereocenters. The van der Waals surface area contributed by atoms with Gasteiger partial charge in [-0.15, -0.1) is 0 Å². The van der Waals surface area contributed by atoms with Crippen molar-refractivity contribution < 1.29 is 13.9 Å². The van der Waals surface area contributed by atoms with E-state index < -0.39 is 0 Å². The van der Waals surface area contributed by atoms with Gasteiger partial charge in [-0.2, -0.15) is 0 Å². The Morgan fingerprint density at radius 1 is 1.07 bits per heavy atom. The van der Waals surface area contributed by atoms with Gasteiger partial charge in [0.1, 0.15) is 0 Å². The van der Waals surface area contributed by atoms with Crippen molar-refractivity contribution in [3.8, 4) is 5.75 Å². The number of hydrogen-bond donors (Lipinski definition) is 0. The zero-order chi connectivity index (χ0) is 19.2. The van der Waals surface area contributed by atoms with Crippen LogP contribution in [-0.2, 0) is 11.3 Å². The zero-order valence-electron chi connectivity index (χ0n) is 15.9. The van der Waals surface area contributed by atoms with Gasteiger partial charge in [-0.25, -0.2) is 4.39 Å². The molecule has 27 heavy (non-hydrogen) atoms. The maximum atomic E-state index is 13.8. The largest absolute Gasteiger partial charge is 0.494 e. The molecule has 144 valence electrons. The first-order valence-corrected chi connectivity index (χ1v) is 9.15. The number of nitrogens with zero attached hydrogens (tertiary/aromatic N) is 3. The number of ether oxygens (including phenoxy) is 1. The number of carbonyl (C=O) groups is 1. The number of piperazine rings is 1. The van der Waals surface area contributed by atoms with E-state index in [1.165, 1.54) is 13.2 Å². The molecule has 6 heteroatoms. The Labute approximate surface area is 159 Å². The maximum absolute atomic E-state index is 13.8. The third kappa shape index (κ3) is 5.05. The third-order valence-corrected chi connectivity index (χ3v) is 4.96. The predicted octanol–water partition coefficient (Wildman–Crippen LogP) is 2.61. The Hall–Kier alpha value is -2.44. The van der Waals surface area contributed by atoms with Gasteiger partial charge in [-0.3, -0.25) is 14.6 Å². The summed E-state index contributed by atoms with van der Waals surface area (Å²) in [5, 5.41) is 0. The molecule has 0 spiro atoms. The minimum Gasteiger partial charge on any atom is -0.494 e. The first-order chi connectivity index (χ1) is 13.1. The summed E-state index contributed by atoms with van der Waals surface area (Å²) < 4.78 is 18.8. The zero-order valence-corrected chi connectivity index (χ0v) is 15.9. The normalized spacial score (nSPS) is 15.5. The fourth-order valence-electron chi connectivity index (χ4n) is 3.26. The Kier molecular flexibility index (Phi) is 6.42. The van der Waals surface area contributed by atoms with Crippen LogP contribution in [-0.4, -0.2) is 62.6 Å². The summed E-state index contributed by atoms with van der Waals surface area (Å²) in [5.41, 5.74) is 1.84. The summed E-state index contributed by atoms with van der Waals surface area (Å²) in [6.07, 6.45) is 0. The van der Waals surface area contributed by atoms with Crippen molar-refractivity contribution in [2.45, 2.75) is 6.54 Å². The Morgan fingerprint density at radius 3 is 2.37 bits per heavy atom. The van der Waals surface area contributed by atoms with E-state index in [0.29, 0.717) is 13.1 Å². The first-order valence-electron chi connectivity index (χ1n) is 9.15. The van der Waals surface area contributed by atoms with Crippen LogP contribution >= 0.6 is 0 Å². The fraction of sp³-hybridized carbons (Fsp3) is 0.381. The van der Waals surface area contributed by atoms with Crippen molar-refractivity contribution in [3.05, 3.63) is 59.9 Å². The molecule has 2 aromatic rings. The van der Waals surface area contributed by atoms with Gasteiger partial charge in [0.05, 0.1) is 13.7 Å². The molecule has 3 rings (SSSR count). The number of likely N-dealkylation sites (N-methyl/N-ethyl adjacent to an activating group) is 1. The molecule has 0 bridgehead atoms. The van der Waals surface area contributed by atoms with E-state index in [0.717, 1.165) is 37.4 Å². The van der Waals surface area contributed by atoms with Gasteiger partial charge in [0, 0.05) is 45.5 Å². The Balaban J connectivity index is 1.47. The summed E-state index contributed by atoms with van der Waals surface area (Å²) >= 11 is 0. The molecular formula is C21H26FN3O2. The summed E-state index contributed by atoms with van der Waals surface area (Å²) in [6.45, 7) is 4.48. The molecule has 0 aromatic heterocycles. The smallest absolute Gasteiger partial charge is 0.240 e. The summed E-state index contributed by atoms with van der Waals surface area (Å²) in [6, 6.07) is 14.8. The van der Waals surface area contributed by atoms with Gasteiger partial charge in [-0.1, -0.05) is 24.3 Å². The number of para-hydroxylation sites is 1. The number of methoxy groups -OCH3 is 1. The minimum atomic E-state index is -0.330. The number of halogens is 1.